The van der Waals surface area contributed by atoms with E-state index in [-0.39, 0.29) is 63.7 Å². The molecule has 4 amide bonds. The van der Waals surface area contributed by atoms with E-state index in [9.17, 15) is 59.1 Å². The number of nitrogens with zero attached hydrogens (tertiary/aromatic N) is 3. The molecule has 14 N–H and O–H groups in total. The number of carbonyl (C=O) groups excluding carboxylic acids is 3. The number of aliphatic hydroxyl groups is 3. The Morgan fingerprint density at radius 3 is 2.09 bits per heavy atom. The molecule has 24 heteroatoms. The third-order valence-corrected chi connectivity index (χ3v) is 10.2. The molecule has 1 fully saturated rings. The van der Waals surface area contributed by atoms with Crippen LogP contribution in [-0.4, -0.2) is 146 Å². The van der Waals surface area contributed by atoms with Crippen LogP contribution in [0.2, 0.25) is 0 Å². The zero-order valence-electron chi connectivity index (χ0n) is 36.4. The summed E-state index contributed by atoms with van der Waals surface area (Å²) in [6.45, 7) is 6.64. The van der Waals surface area contributed by atoms with Gasteiger partial charge in [-0.3, -0.25) is 33.3 Å². The number of aromatic nitrogens is 2. The number of hydrogen-bond acceptors (Lipinski definition) is 14. The first-order valence-electron chi connectivity index (χ1n) is 20.7. The molecule has 1 aromatic carbocycles. The number of aliphatic imine (C=N–C) groups is 1. The minimum absolute atomic E-state index is 0.0225. The van der Waals surface area contributed by atoms with Crippen molar-refractivity contribution < 1.29 is 59.0 Å². The molecule has 356 valence electrons. The van der Waals surface area contributed by atoms with E-state index in [4.69, 9.17) is 20.9 Å². The number of carboxylic acid groups (broad SMARTS) is 2. The number of rotatable bonds is 25. The Morgan fingerprint density at radius 2 is 1.52 bits per heavy atom. The van der Waals surface area contributed by atoms with Gasteiger partial charge < -0.3 is 73.1 Å². The van der Waals surface area contributed by atoms with Crippen LogP contribution in [0.5, 0.6) is 5.75 Å². The molecule has 0 radical (unpaired) electrons. The maximum Gasteiger partial charge on any atom is 0.333 e. The highest BCUT2D eigenvalue weighted by atomic mass is 16.6. The number of hydrogen-bond donors (Lipinski definition) is 12. The number of aliphatic hydroxyl groups excluding tert-OH is 3. The fourth-order valence-electron chi connectivity index (χ4n) is 6.81. The van der Waals surface area contributed by atoms with E-state index in [0.717, 1.165) is 21.4 Å². The van der Waals surface area contributed by atoms with Gasteiger partial charge in [-0.25, -0.2) is 14.4 Å². The van der Waals surface area contributed by atoms with Crippen LogP contribution in [-0.2, 0) is 30.5 Å². The van der Waals surface area contributed by atoms with E-state index < -0.39 is 102 Å². The van der Waals surface area contributed by atoms with E-state index in [1.807, 2.05) is 13.8 Å². The topological polar surface area (TPSA) is 374 Å². The number of amides is 4. The summed E-state index contributed by atoms with van der Waals surface area (Å²) >= 11 is 0. The van der Waals surface area contributed by atoms with E-state index >= 15 is 0 Å². The van der Waals surface area contributed by atoms with Crippen molar-refractivity contribution in [2.45, 2.75) is 115 Å². The van der Waals surface area contributed by atoms with Crippen molar-refractivity contribution in [3.05, 3.63) is 62.9 Å². The molecule has 2 heterocycles. The lowest BCUT2D eigenvalue weighted by Gasteiger charge is -2.27. The predicted octanol–water partition coefficient (Wildman–Crippen LogP) is -3.04. The molecular weight excluding hydrogens is 844 g/mol. The molecule has 64 heavy (non-hydrogen) atoms. The number of nitrogens with one attached hydrogen (secondary N) is 5. The molecule has 1 saturated heterocycles. The minimum Gasteiger partial charge on any atom is -0.497 e. The van der Waals surface area contributed by atoms with E-state index in [2.05, 4.69) is 31.6 Å². The van der Waals surface area contributed by atoms with Gasteiger partial charge in [-0.05, 0) is 61.8 Å². The van der Waals surface area contributed by atoms with Gasteiger partial charge in [0.15, 0.2) is 12.2 Å². The van der Waals surface area contributed by atoms with E-state index in [0.29, 0.717) is 11.3 Å². The molecule has 0 bridgehead atoms. The summed E-state index contributed by atoms with van der Waals surface area (Å²) in [6, 6.07) is 1.38. The van der Waals surface area contributed by atoms with Gasteiger partial charge in [-0.2, -0.15) is 0 Å². The molecule has 1 aromatic heterocycles. The molecule has 0 spiro atoms. The van der Waals surface area contributed by atoms with Crippen molar-refractivity contribution in [1.82, 2.24) is 35.7 Å². The second-order valence-electron chi connectivity index (χ2n) is 16.0. The van der Waals surface area contributed by atoms with Crippen molar-refractivity contribution >= 4 is 35.7 Å². The summed E-state index contributed by atoms with van der Waals surface area (Å²) in [7, 11) is 1.48. The Kier molecular flexibility index (Phi) is 20.2. The average molecular weight is 907 g/mol. The van der Waals surface area contributed by atoms with Crippen molar-refractivity contribution in [1.29, 1.82) is 0 Å². The summed E-state index contributed by atoms with van der Waals surface area (Å²) in [5.41, 5.74) is 9.77. The smallest absolute Gasteiger partial charge is 0.333 e. The van der Waals surface area contributed by atoms with Gasteiger partial charge >= 0.3 is 23.7 Å². The monoisotopic (exact) mass is 906 g/mol. The number of aliphatic carboxylic acids is 2. The van der Waals surface area contributed by atoms with Gasteiger partial charge in [0.2, 0.25) is 11.8 Å². The van der Waals surface area contributed by atoms with Crippen molar-refractivity contribution in [2.75, 3.05) is 26.7 Å². The molecule has 1 unspecified atom stereocenters. The van der Waals surface area contributed by atoms with Gasteiger partial charge in [0.05, 0.1) is 13.7 Å². The van der Waals surface area contributed by atoms with Gasteiger partial charge in [-0.15, -0.1) is 0 Å². The molecule has 0 aliphatic carbocycles. The van der Waals surface area contributed by atoms with Gasteiger partial charge in [0.1, 0.15) is 54.3 Å². The fraction of sp³-hybridized carbons (Fsp3) is 0.600. The Balaban J connectivity index is 1.63. The third kappa shape index (κ3) is 15.0. The minimum atomic E-state index is -1.98. The second-order valence-corrected chi connectivity index (χ2v) is 16.0. The van der Waals surface area contributed by atoms with E-state index in [1.54, 1.807) is 38.1 Å². The SMILES string of the molecule is COc1ccc(Cn2c(=O)ccn([C@@H]3OC([C@H](O)[C@H](NCCCNC(=O)[C@H](CC(C)C)NC(=O)[C@H](CCCN=C(N)N)NC(=O)N[C@H](C(=O)O)C(C)C)C(=O)O)[C@@H](O)[C@H]3O)c2=O)cc1. The molecule has 2 aromatic rings. The van der Waals surface area contributed by atoms with Crippen molar-refractivity contribution in [3.63, 3.8) is 0 Å². The highest BCUT2D eigenvalue weighted by Gasteiger charge is 2.50. The van der Waals surface area contributed by atoms with Crippen LogP contribution in [0.15, 0.2) is 51.1 Å². The Morgan fingerprint density at radius 1 is 0.859 bits per heavy atom. The number of benzene rings is 1. The van der Waals surface area contributed by atoms with Crippen LogP contribution >= 0.6 is 0 Å². The molecule has 24 nitrogen and oxygen atoms in total. The first-order valence-corrected chi connectivity index (χ1v) is 20.7. The number of ether oxygens (including phenoxy) is 2. The number of methoxy groups -OCH3 is 1. The maximum atomic E-state index is 13.5. The second kappa shape index (κ2) is 24.7. The first-order chi connectivity index (χ1) is 30.2. The molecule has 3 rings (SSSR count). The van der Waals surface area contributed by atoms with Crippen LogP contribution < -0.4 is 54.0 Å². The fourth-order valence-corrected chi connectivity index (χ4v) is 6.81. The Bertz CT molecular complexity index is 2040. The van der Waals surface area contributed by atoms with Gasteiger partial charge in [-0.1, -0.05) is 39.8 Å². The van der Waals surface area contributed by atoms with Crippen LogP contribution in [0.25, 0.3) is 0 Å². The van der Waals surface area contributed by atoms with Gasteiger partial charge in [0, 0.05) is 25.4 Å². The molecule has 9 atom stereocenters. The summed E-state index contributed by atoms with van der Waals surface area (Å²) in [4.78, 5) is 93.6. The summed E-state index contributed by atoms with van der Waals surface area (Å²) in [6.07, 6.45) is -7.40. The lowest BCUT2D eigenvalue weighted by Crippen LogP contribution is -2.57. The highest BCUT2D eigenvalue weighted by Crippen LogP contribution is 2.31. The van der Waals surface area contributed by atoms with Crippen LogP contribution in [0.3, 0.4) is 0 Å². The normalized spacial score (nSPS) is 19.5. The standard InChI is InChI=1S/C40H62N10O14/c1-20(2)18-25(46-34(56)24(8-6-14-45-38(41)42)47-39(61)48-27(21(3)4)36(57)58)33(55)44-16-7-15-43-28(37(59)60)29(52)32-30(53)31(54)35(64-32)49-17-13-26(51)50(40(49)62)19-22-9-11-23(63-5)12-10-22/h9-13,17,20-21,24-25,27-32,35,43,52-54H,6-8,14-16,18-19H2,1-5H3,(H,44,55)(H,46,56)(H,57,58)(H,59,60)(H4,41,42,45)(H2,47,48,61)/t24-,25-,27-,28-,29+,30-,31+,32?,35+/m0/s1. The summed E-state index contributed by atoms with van der Waals surface area (Å²) in [5.74, 6) is -4.35. The summed E-state index contributed by atoms with van der Waals surface area (Å²) < 4.78 is 12.6. The van der Waals surface area contributed by atoms with Crippen LogP contribution in [0, 0.1) is 11.8 Å². The molecular formula is C40H62N10O14. The first kappa shape index (κ1) is 52.3. The Hall–Kier alpha value is -6.08. The zero-order valence-corrected chi connectivity index (χ0v) is 36.4. The Labute approximate surface area is 368 Å². The predicted molar refractivity (Wildman–Crippen MR) is 229 cm³/mol. The average Bonchev–Trinajstić information content (AvgIpc) is 3.52. The van der Waals surface area contributed by atoms with Crippen LogP contribution in [0.1, 0.15) is 65.2 Å². The zero-order chi connectivity index (χ0) is 47.8. The lowest BCUT2D eigenvalue weighted by atomic mass is 9.99. The lowest BCUT2D eigenvalue weighted by molar-refractivity contribution is -0.149. The number of guanidine groups is 1. The highest BCUT2D eigenvalue weighted by molar-refractivity contribution is 5.92. The van der Waals surface area contributed by atoms with Crippen LogP contribution in [0.4, 0.5) is 4.79 Å². The third-order valence-electron chi connectivity index (χ3n) is 10.2. The number of carbonyl (C=O) groups is 5. The maximum absolute atomic E-state index is 13.5. The number of carboxylic acids is 2. The van der Waals surface area contributed by atoms with Crippen molar-refractivity contribution in [3.8, 4) is 5.75 Å². The summed E-state index contributed by atoms with van der Waals surface area (Å²) in [5, 5.41) is 65.1. The molecule has 1 aliphatic rings. The largest absolute Gasteiger partial charge is 0.497 e. The molecule has 0 saturated carbocycles. The molecule has 1 aliphatic heterocycles. The number of nitrogens with two attached hydrogens (primary N) is 2. The van der Waals surface area contributed by atoms with Gasteiger partial charge in [0.25, 0.3) is 5.56 Å². The van der Waals surface area contributed by atoms with Crippen molar-refractivity contribution in [2.24, 2.45) is 28.3 Å². The van der Waals surface area contributed by atoms with E-state index in [1.165, 1.54) is 7.11 Å². The quantitative estimate of drug-likeness (QED) is 0.0268. The number of urea groups is 1.